The van der Waals surface area contributed by atoms with Crippen LogP contribution in [0.3, 0.4) is 0 Å². The maximum atomic E-state index is 13.6. The molecule has 1 saturated heterocycles. The predicted octanol–water partition coefficient (Wildman–Crippen LogP) is 3.10. The lowest BCUT2D eigenvalue weighted by atomic mass is 10.0. The van der Waals surface area contributed by atoms with Gasteiger partial charge in [0.2, 0.25) is 10.0 Å². The van der Waals surface area contributed by atoms with Crippen molar-refractivity contribution in [1.29, 1.82) is 0 Å². The second-order valence-corrected chi connectivity index (χ2v) is 9.69. The highest BCUT2D eigenvalue weighted by Gasteiger charge is 2.33. The maximum Gasteiger partial charge on any atom is 0.313 e. The molecule has 1 heterocycles. The third-order valence-corrected chi connectivity index (χ3v) is 7.41. The molecule has 7 nitrogen and oxygen atoms in total. The van der Waals surface area contributed by atoms with E-state index in [0.29, 0.717) is 25.5 Å². The standard InChI is InChI=1S/C22H24F3N3O4S/c1-14-12-17(6-7-18(14)24)33(31,32)28-11-3-2-4-16(28)9-10-26-21(29)22(30)27-20-8-5-15(23)13-19(20)25/h5-8,12-13,16H,2-4,9-11H2,1H3,(H,26,29)(H,27,30)/t16-/m0/s1. The summed E-state index contributed by atoms with van der Waals surface area (Å²) in [6, 6.07) is 5.74. The third-order valence-electron chi connectivity index (χ3n) is 5.46. The van der Waals surface area contributed by atoms with Gasteiger partial charge in [0.25, 0.3) is 0 Å². The van der Waals surface area contributed by atoms with Gasteiger partial charge in [0.15, 0.2) is 0 Å². The van der Waals surface area contributed by atoms with Gasteiger partial charge < -0.3 is 10.6 Å². The maximum absolute atomic E-state index is 13.6. The van der Waals surface area contributed by atoms with Crippen molar-refractivity contribution in [3.05, 3.63) is 59.4 Å². The first kappa shape index (κ1) is 24.7. The van der Waals surface area contributed by atoms with Crippen molar-refractivity contribution in [2.24, 2.45) is 0 Å². The zero-order valence-electron chi connectivity index (χ0n) is 17.9. The smallest absolute Gasteiger partial charge is 0.313 e. The van der Waals surface area contributed by atoms with Crippen molar-refractivity contribution in [2.75, 3.05) is 18.4 Å². The highest BCUT2D eigenvalue weighted by Crippen LogP contribution is 2.27. The Morgan fingerprint density at radius 2 is 1.79 bits per heavy atom. The van der Waals surface area contributed by atoms with Crippen LogP contribution in [0, 0.1) is 24.4 Å². The summed E-state index contributed by atoms with van der Waals surface area (Å²) in [5.41, 5.74) is -0.115. The van der Waals surface area contributed by atoms with Gasteiger partial charge in [-0.2, -0.15) is 4.31 Å². The van der Waals surface area contributed by atoms with Gasteiger partial charge in [0, 0.05) is 25.2 Å². The fourth-order valence-corrected chi connectivity index (χ4v) is 5.50. The number of aryl methyl sites for hydroxylation is 1. The van der Waals surface area contributed by atoms with Crippen molar-refractivity contribution in [2.45, 2.75) is 43.5 Å². The molecule has 178 valence electrons. The van der Waals surface area contributed by atoms with Crippen molar-refractivity contribution in [3.8, 4) is 0 Å². The highest BCUT2D eigenvalue weighted by atomic mass is 32.2. The molecule has 0 aliphatic carbocycles. The molecule has 0 bridgehead atoms. The molecule has 2 N–H and O–H groups in total. The van der Waals surface area contributed by atoms with Crippen LogP contribution >= 0.6 is 0 Å². The number of benzene rings is 2. The number of amides is 2. The SMILES string of the molecule is Cc1cc(S(=O)(=O)N2CCCC[C@H]2CCNC(=O)C(=O)Nc2ccc(F)cc2F)ccc1F. The predicted molar refractivity (Wildman–Crippen MR) is 115 cm³/mol. The first-order chi connectivity index (χ1) is 15.6. The second-order valence-electron chi connectivity index (χ2n) is 7.80. The van der Waals surface area contributed by atoms with E-state index in [-0.39, 0.29) is 29.1 Å². The Morgan fingerprint density at radius 3 is 2.48 bits per heavy atom. The van der Waals surface area contributed by atoms with Crippen molar-refractivity contribution in [1.82, 2.24) is 9.62 Å². The van der Waals surface area contributed by atoms with Crippen LogP contribution in [0.1, 0.15) is 31.2 Å². The van der Waals surface area contributed by atoms with Crippen LogP contribution in [-0.2, 0) is 19.6 Å². The molecule has 2 aromatic carbocycles. The number of hydrogen-bond donors (Lipinski definition) is 2. The topological polar surface area (TPSA) is 95.6 Å². The number of carbonyl (C=O) groups is 2. The molecule has 1 fully saturated rings. The summed E-state index contributed by atoms with van der Waals surface area (Å²) in [6.45, 7) is 1.79. The fraction of sp³-hybridized carbons (Fsp3) is 0.364. The Kier molecular flexibility index (Phi) is 7.75. The van der Waals surface area contributed by atoms with Gasteiger partial charge in [-0.3, -0.25) is 9.59 Å². The molecule has 1 atom stereocenters. The summed E-state index contributed by atoms with van der Waals surface area (Å²) in [7, 11) is -3.86. The normalized spacial score (nSPS) is 16.9. The van der Waals surface area contributed by atoms with Gasteiger partial charge in [0.05, 0.1) is 10.6 Å². The van der Waals surface area contributed by atoms with Crippen LogP contribution in [-0.4, -0.2) is 43.7 Å². The summed E-state index contributed by atoms with van der Waals surface area (Å²) < 4.78 is 67.7. The lowest BCUT2D eigenvalue weighted by Gasteiger charge is -2.34. The number of sulfonamides is 1. The summed E-state index contributed by atoms with van der Waals surface area (Å²) >= 11 is 0. The number of rotatable bonds is 6. The molecule has 2 amide bonds. The zero-order chi connectivity index (χ0) is 24.2. The van der Waals surface area contributed by atoms with E-state index in [0.717, 1.165) is 24.6 Å². The number of anilines is 1. The Hall–Kier alpha value is -2.92. The molecule has 2 aromatic rings. The molecular formula is C22H24F3N3O4S. The molecule has 0 aromatic heterocycles. The van der Waals surface area contributed by atoms with E-state index in [9.17, 15) is 31.2 Å². The molecule has 0 radical (unpaired) electrons. The van der Waals surface area contributed by atoms with Crippen LogP contribution in [0.5, 0.6) is 0 Å². The highest BCUT2D eigenvalue weighted by molar-refractivity contribution is 7.89. The minimum Gasteiger partial charge on any atom is -0.348 e. The second kappa shape index (κ2) is 10.3. The van der Waals surface area contributed by atoms with E-state index >= 15 is 0 Å². The van der Waals surface area contributed by atoms with Crippen molar-refractivity contribution >= 4 is 27.5 Å². The zero-order valence-corrected chi connectivity index (χ0v) is 18.7. The Balaban J connectivity index is 1.60. The van der Waals surface area contributed by atoms with Crippen LogP contribution in [0.25, 0.3) is 0 Å². The van der Waals surface area contributed by atoms with Crippen LogP contribution < -0.4 is 10.6 Å². The molecule has 33 heavy (non-hydrogen) atoms. The Bertz CT molecular complexity index is 1160. The minimum atomic E-state index is -3.86. The van der Waals surface area contributed by atoms with Gasteiger partial charge in [-0.05, 0) is 62.1 Å². The third kappa shape index (κ3) is 5.91. The van der Waals surface area contributed by atoms with Gasteiger partial charge in [-0.25, -0.2) is 21.6 Å². The van der Waals surface area contributed by atoms with Crippen LogP contribution in [0.4, 0.5) is 18.9 Å². The van der Waals surface area contributed by atoms with Gasteiger partial charge in [-0.1, -0.05) is 6.42 Å². The van der Waals surface area contributed by atoms with Crippen LogP contribution in [0.2, 0.25) is 0 Å². The summed E-state index contributed by atoms with van der Waals surface area (Å²) in [5.74, 6) is -4.49. The van der Waals surface area contributed by atoms with E-state index in [1.165, 1.54) is 23.4 Å². The quantitative estimate of drug-likeness (QED) is 0.618. The van der Waals surface area contributed by atoms with Gasteiger partial charge in [-0.15, -0.1) is 0 Å². The summed E-state index contributed by atoms with van der Waals surface area (Å²) in [4.78, 5) is 24.0. The number of hydrogen-bond acceptors (Lipinski definition) is 4. The van der Waals surface area contributed by atoms with Gasteiger partial charge >= 0.3 is 11.8 Å². The van der Waals surface area contributed by atoms with E-state index in [1.807, 2.05) is 0 Å². The summed E-state index contributed by atoms with van der Waals surface area (Å²) in [6.07, 6.45) is 2.30. The lowest BCUT2D eigenvalue weighted by molar-refractivity contribution is -0.136. The molecule has 3 rings (SSSR count). The molecule has 1 aliphatic heterocycles. The average molecular weight is 484 g/mol. The number of nitrogens with one attached hydrogen (secondary N) is 2. The van der Waals surface area contributed by atoms with Crippen LogP contribution in [0.15, 0.2) is 41.3 Å². The van der Waals surface area contributed by atoms with E-state index in [1.54, 1.807) is 0 Å². The number of piperidine rings is 1. The summed E-state index contributed by atoms with van der Waals surface area (Å²) in [5, 5.41) is 4.45. The fourth-order valence-electron chi connectivity index (χ4n) is 3.69. The van der Waals surface area contributed by atoms with Crippen molar-refractivity contribution < 1.29 is 31.2 Å². The average Bonchev–Trinajstić information content (AvgIpc) is 2.77. The molecule has 0 spiro atoms. The Morgan fingerprint density at radius 1 is 1.03 bits per heavy atom. The van der Waals surface area contributed by atoms with E-state index in [2.05, 4.69) is 10.6 Å². The first-order valence-electron chi connectivity index (χ1n) is 10.4. The largest absolute Gasteiger partial charge is 0.348 e. The monoisotopic (exact) mass is 483 g/mol. The minimum absolute atomic E-state index is 0.00182. The number of halogens is 3. The number of nitrogens with zero attached hydrogens (tertiary/aromatic N) is 1. The first-order valence-corrected chi connectivity index (χ1v) is 11.9. The molecule has 11 heteroatoms. The van der Waals surface area contributed by atoms with E-state index < -0.39 is 45.3 Å². The lowest BCUT2D eigenvalue weighted by Crippen LogP contribution is -2.45. The number of carbonyl (C=O) groups excluding carboxylic acids is 2. The molecule has 0 saturated carbocycles. The van der Waals surface area contributed by atoms with Crippen molar-refractivity contribution in [3.63, 3.8) is 0 Å². The molecular weight excluding hydrogens is 459 g/mol. The van der Waals surface area contributed by atoms with Gasteiger partial charge in [0.1, 0.15) is 17.5 Å². The molecule has 1 aliphatic rings. The Labute approximate surface area is 190 Å². The molecule has 0 unspecified atom stereocenters. The van der Waals surface area contributed by atoms with E-state index in [4.69, 9.17) is 0 Å².